The van der Waals surface area contributed by atoms with Crippen molar-refractivity contribution in [1.82, 2.24) is 0 Å². The van der Waals surface area contributed by atoms with E-state index >= 15 is 0 Å². The molecule has 0 amide bonds. The average molecular weight is 210 g/mol. The summed E-state index contributed by atoms with van der Waals surface area (Å²) >= 11 is 0. The SMILES string of the molecule is N#CCCCCNc1c(F)cccc1F. The third kappa shape index (κ3) is 3.55. The van der Waals surface area contributed by atoms with Gasteiger partial charge in [0.2, 0.25) is 0 Å². The molecule has 1 aromatic carbocycles. The lowest BCUT2D eigenvalue weighted by atomic mass is 10.2. The second-order valence-corrected chi connectivity index (χ2v) is 3.14. The van der Waals surface area contributed by atoms with E-state index in [0.717, 1.165) is 12.8 Å². The Bertz CT molecular complexity index is 338. The topological polar surface area (TPSA) is 35.8 Å². The summed E-state index contributed by atoms with van der Waals surface area (Å²) in [5.74, 6) is -1.18. The predicted molar refractivity (Wildman–Crippen MR) is 54.3 cm³/mol. The molecule has 1 aromatic rings. The van der Waals surface area contributed by atoms with E-state index in [-0.39, 0.29) is 5.69 Å². The number of hydrogen-bond donors (Lipinski definition) is 1. The molecule has 80 valence electrons. The highest BCUT2D eigenvalue weighted by molar-refractivity contribution is 5.45. The van der Waals surface area contributed by atoms with Crippen molar-refractivity contribution in [3.05, 3.63) is 29.8 Å². The molecule has 0 fully saturated rings. The number of anilines is 1. The number of benzene rings is 1. The quantitative estimate of drug-likeness (QED) is 0.758. The highest BCUT2D eigenvalue weighted by Crippen LogP contribution is 2.17. The van der Waals surface area contributed by atoms with E-state index in [9.17, 15) is 8.78 Å². The molecule has 2 nitrogen and oxygen atoms in total. The maximum Gasteiger partial charge on any atom is 0.149 e. The van der Waals surface area contributed by atoms with Gasteiger partial charge in [0, 0.05) is 13.0 Å². The van der Waals surface area contributed by atoms with Crippen molar-refractivity contribution in [3.63, 3.8) is 0 Å². The van der Waals surface area contributed by atoms with Gasteiger partial charge < -0.3 is 5.32 Å². The van der Waals surface area contributed by atoms with Crippen molar-refractivity contribution in [2.75, 3.05) is 11.9 Å². The molecule has 15 heavy (non-hydrogen) atoms. The fourth-order valence-corrected chi connectivity index (χ4v) is 1.21. The highest BCUT2D eigenvalue weighted by Gasteiger charge is 2.06. The lowest BCUT2D eigenvalue weighted by Crippen LogP contribution is -2.05. The van der Waals surface area contributed by atoms with E-state index in [1.165, 1.54) is 18.2 Å². The molecular weight excluding hydrogens is 198 g/mol. The van der Waals surface area contributed by atoms with Crippen molar-refractivity contribution in [2.24, 2.45) is 0 Å². The van der Waals surface area contributed by atoms with Crippen LogP contribution in [0.1, 0.15) is 19.3 Å². The molecule has 0 aromatic heterocycles. The first-order chi connectivity index (χ1) is 7.25. The Morgan fingerprint density at radius 3 is 2.47 bits per heavy atom. The number of nitrogens with zero attached hydrogens (tertiary/aromatic N) is 1. The van der Waals surface area contributed by atoms with E-state index < -0.39 is 11.6 Å². The highest BCUT2D eigenvalue weighted by atomic mass is 19.1. The molecule has 0 bridgehead atoms. The molecule has 0 aliphatic rings. The lowest BCUT2D eigenvalue weighted by molar-refractivity contribution is 0.587. The third-order valence-corrected chi connectivity index (χ3v) is 1.98. The minimum atomic E-state index is -0.588. The van der Waals surface area contributed by atoms with Gasteiger partial charge in [-0.15, -0.1) is 0 Å². The Labute approximate surface area is 87.5 Å². The minimum absolute atomic E-state index is 0.0885. The van der Waals surface area contributed by atoms with Crippen LogP contribution in [0.2, 0.25) is 0 Å². The zero-order valence-electron chi connectivity index (χ0n) is 8.26. The van der Waals surface area contributed by atoms with Gasteiger partial charge in [0.15, 0.2) is 0 Å². The second kappa shape index (κ2) is 5.97. The summed E-state index contributed by atoms with van der Waals surface area (Å²) in [5.41, 5.74) is -0.0885. The van der Waals surface area contributed by atoms with Gasteiger partial charge in [0.25, 0.3) is 0 Å². The molecule has 0 saturated heterocycles. The Morgan fingerprint density at radius 2 is 1.87 bits per heavy atom. The van der Waals surface area contributed by atoms with Crippen LogP contribution in [0.3, 0.4) is 0 Å². The molecule has 0 atom stereocenters. The van der Waals surface area contributed by atoms with Crippen molar-refractivity contribution in [2.45, 2.75) is 19.3 Å². The first-order valence-electron chi connectivity index (χ1n) is 4.80. The van der Waals surface area contributed by atoms with Gasteiger partial charge in [0.1, 0.15) is 17.3 Å². The zero-order chi connectivity index (χ0) is 11.1. The van der Waals surface area contributed by atoms with E-state index in [4.69, 9.17) is 5.26 Å². The third-order valence-electron chi connectivity index (χ3n) is 1.98. The maximum absolute atomic E-state index is 13.1. The molecule has 1 N–H and O–H groups in total. The maximum atomic E-state index is 13.1. The number of nitriles is 1. The van der Waals surface area contributed by atoms with Crippen LogP contribution in [-0.4, -0.2) is 6.54 Å². The lowest BCUT2D eigenvalue weighted by Gasteiger charge is -2.07. The Morgan fingerprint density at radius 1 is 1.20 bits per heavy atom. The van der Waals surface area contributed by atoms with Gasteiger partial charge in [0.05, 0.1) is 6.07 Å². The molecule has 0 saturated carbocycles. The van der Waals surface area contributed by atoms with Crippen molar-refractivity contribution in [3.8, 4) is 6.07 Å². The smallest absolute Gasteiger partial charge is 0.149 e. The first kappa shape index (κ1) is 11.4. The van der Waals surface area contributed by atoms with Crippen LogP contribution < -0.4 is 5.32 Å². The number of hydrogen-bond acceptors (Lipinski definition) is 2. The summed E-state index contributed by atoms with van der Waals surface area (Å²) in [6.07, 6.45) is 1.93. The molecule has 0 unspecified atom stereocenters. The van der Waals surface area contributed by atoms with Crippen molar-refractivity contribution >= 4 is 5.69 Å². The molecule has 0 aliphatic heterocycles. The largest absolute Gasteiger partial charge is 0.380 e. The van der Waals surface area contributed by atoms with E-state index in [2.05, 4.69) is 5.32 Å². The number of nitrogens with one attached hydrogen (secondary N) is 1. The van der Waals surface area contributed by atoms with E-state index in [0.29, 0.717) is 13.0 Å². The summed E-state index contributed by atoms with van der Waals surface area (Å²) < 4.78 is 26.1. The van der Waals surface area contributed by atoms with Gasteiger partial charge in [-0.05, 0) is 25.0 Å². The van der Waals surface area contributed by atoms with Gasteiger partial charge in [-0.25, -0.2) is 8.78 Å². The average Bonchev–Trinajstić information content (AvgIpc) is 2.21. The molecule has 1 rings (SSSR count). The van der Waals surface area contributed by atoms with Crippen LogP contribution in [0.5, 0.6) is 0 Å². The second-order valence-electron chi connectivity index (χ2n) is 3.14. The number of para-hydroxylation sites is 1. The normalized spacial score (nSPS) is 9.67. The molecule has 4 heteroatoms. The molecule has 0 radical (unpaired) electrons. The van der Waals surface area contributed by atoms with Crippen LogP contribution in [0, 0.1) is 23.0 Å². The molecule has 0 spiro atoms. The number of rotatable bonds is 5. The van der Waals surface area contributed by atoms with Gasteiger partial charge >= 0.3 is 0 Å². The molecular formula is C11H12F2N2. The zero-order valence-corrected chi connectivity index (χ0v) is 8.26. The first-order valence-corrected chi connectivity index (χ1v) is 4.80. The van der Waals surface area contributed by atoms with Gasteiger partial charge in [-0.3, -0.25) is 0 Å². The Kier molecular flexibility index (Phi) is 4.55. The summed E-state index contributed by atoms with van der Waals surface area (Å²) in [7, 11) is 0. The van der Waals surface area contributed by atoms with E-state index in [1.807, 2.05) is 6.07 Å². The van der Waals surface area contributed by atoms with Crippen LogP contribution in [0.4, 0.5) is 14.5 Å². The molecule has 0 heterocycles. The van der Waals surface area contributed by atoms with E-state index in [1.54, 1.807) is 0 Å². The monoisotopic (exact) mass is 210 g/mol. The fourth-order valence-electron chi connectivity index (χ4n) is 1.21. The number of unbranched alkanes of at least 4 members (excludes halogenated alkanes) is 2. The minimum Gasteiger partial charge on any atom is -0.380 e. The fraction of sp³-hybridized carbons (Fsp3) is 0.364. The summed E-state index contributed by atoms with van der Waals surface area (Å²) in [6.45, 7) is 0.472. The summed E-state index contributed by atoms with van der Waals surface area (Å²) in [4.78, 5) is 0. The van der Waals surface area contributed by atoms with Crippen LogP contribution >= 0.6 is 0 Å². The Balaban J connectivity index is 2.41. The van der Waals surface area contributed by atoms with Crippen LogP contribution in [0.25, 0.3) is 0 Å². The van der Waals surface area contributed by atoms with Gasteiger partial charge in [-0.1, -0.05) is 6.07 Å². The molecule has 0 aliphatic carbocycles. The summed E-state index contributed by atoms with van der Waals surface area (Å²) in [6, 6.07) is 5.76. The summed E-state index contributed by atoms with van der Waals surface area (Å²) in [5, 5.41) is 11.0. The van der Waals surface area contributed by atoms with Crippen LogP contribution in [-0.2, 0) is 0 Å². The predicted octanol–water partition coefficient (Wildman–Crippen LogP) is 3.07. The number of halogens is 2. The van der Waals surface area contributed by atoms with Crippen LogP contribution in [0.15, 0.2) is 18.2 Å². The van der Waals surface area contributed by atoms with Crippen molar-refractivity contribution < 1.29 is 8.78 Å². The Hall–Kier alpha value is -1.63. The van der Waals surface area contributed by atoms with Crippen molar-refractivity contribution in [1.29, 1.82) is 5.26 Å². The standard InChI is InChI=1S/C11H12F2N2/c12-9-5-4-6-10(13)11(9)15-8-3-1-2-7-14/h4-6,15H,1-3,8H2. The van der Waals surface area contributed by atoms with Gasteiger partial charge in [-0.2, -0.15) is 5.26 Å².